The molecule has 0 aliphatic rings. The molecular weight excluding hydrogens is 358 g/mol. The number of carbonyl (C=O) groups is 1. The van der Waals surface area contributed by atoms with Crippen LogP contribution in [0.25, 0.3) is 11.1 Å². The number of amides is 1. The zero-order valence-corrected chi connectivity index (χ0v) is 16.3. The van der Waals surface area contributed by atoms with Gasteiger partial charge in [0.05, 0.1) is 14.2 Å². The molecule has 0 spiro atoms. The third kappa shape index (κ3) is 4.89. The van der Waals surface area contributed by atoms with Gasteiger partial charge < -0.3 is 14.8 Å². The molecule has 0 saturated carbocycles. The zero-order valence-electron chi connectivity index (χ0n) is 15.5. The molecule has 0 unspecified atom stereocenters. The van der Waals surface area contributed by atoms with E-state index in [1.54, 1.807) is 25.6 Å². The fourth-order valence-electron chi connectivity index (χ4n) is 2.96. The Kier molecular flexibility index (Phi) is 6.49. The summed E-state index contributed by atoms with van der Waals surface area (Å²) in [5.41, 5.74) is 4.46. The minimum atomic E-state index is 0.0213. The lowest BCUT2D eigenvalue weighted by atomic mass is 10.0. The molecule has 140 valence electrons. The number of aryl methyl sites for hydroxylation is 1. The van der Waals surface area contributed by atoms with E-state index in [1.165, 1.54) is 5.56 Å². The van der Waals surface area contributed by atoms with Crippen LogP contribution in [-0.2, 0) is 17.8 Å². The highest BCUT2D eigenvalue weighted by Gasteiger charge is 2.10. The van der Waals surface area contributed by atoms with Crippen molar-refractivity contribution in [3.05, 3.63) is 70.4 Å². The smallest absolute Gasteiger partial charge is 0.220 e. The van der Waals surface area contributed by atoms with E-state index in [1.807, 2.05) is 30.3 Å². The first-order valence-corrected chi connectivity index (χ1v) is 9.73. The molecule has 0 aliphatic heterocycles. The number of hydrogen-bond donors (Lipinski definition) is 1. The molecule has 1 aromatic heterocycles. The lowest BCUT2D eigenvalue weighted by molar-refractivity contribution is -0.121. The number of methoxy groups -OCH3 is 2. The Hall–Kier alpha value is -2.79. The second-order valence-corrected chi connectivity index (χ2v) is 6.90. The molecule has 0 saturated heterocycles. The Balaban J connectivity index is 1.58. The molecule has 1 heterocycles. The van der Waals surface area contributed by atoms with Gasteiger partial charge in [0.1, 0.15) is 11.5 Å². The third-order valence-corrected chi connectivity index (χ3v) is 5.12. The minimum Gasteiger partial charge on any atom is -0.497 e. The van der Waals surface area contributed by atoms with Gasteiger partial charge in [-0.25, -0.2) is 0 Å². The summed E-state index contributed by atoms with van der Waals surface area (Å²) in [6.07, 6.45) is 1.02. The van der Waals surface area contributed by atoms with Crippen molar-refractivity contribution in [2.75, 3.05) is 14.2 Å². The van der Waals surface area contributed by atoms with Crippen LogP contribution in [0.2, 0.25) is 0 Å². The molecule has 0 bridgehead atoms. The molecule has 0 aliphatic carbocycles. The van der Waals surface area contributed by atoms with Crippen LogP contribution >= 0.6 is 11.3 Å². The van der Waals surface area contributed by atoms with Crippen LogP contribution in [0.4, 0.5) is 0 Å². The van der Waals surface area contributed by atoms with Crippen molar-refractivity contribution in [1.82, 2.24) is 5.32 Å². The van der Waals surface area contributed by atoms with Crippen LogP contribution in [0.5, 0.6) is 11.5 Å². The largest absolute Gasteiger partial charge is 0.497 e. The second kappa shape index (κ2) is 9.24. The van der Waals surface area contributed by atoms with Gasteiger partial charge in [0.2, 0.25) is 5.91 Å². The average molecular weight is 381 g/mol. The fraction of sp³-hybridized carbons (Fsp3) is 0.227. The highest BCUT2D eigenvalue weighted by Crippen LogP contribution is 2.27. The molecular formula is C22H23NO3S. The van der Waals surface area contributed by atoms with Gasteiger partial charge in [-0.05, 0) is 51.6 Å². The third-order valence-electron chi connectivity index (χ3n) is 4.44. The van der Waals surface area contributed by atoms with Crippen molar-refractivity contribution < 1.29 is 14.3 Å². The predicted molar refractivity (Wildman–Crippen MR) is 109 cm³/mol. The Morgan fingerprint density at radius 3 is 2.63 bits per heavy atom. The molecule has 5 heteroatoms. The first-order valence-electron chi connectivity index (χ1n) is 8.79. The summed E-state index contributed by atoms with van der Waals surface area (Å²) in [4.78, 5) is 12.3. The molecule has 3 rings (SSSR count). The molecule has 0 radical (unpaired) electrons. The highest BCUT2D eigenvalue weighted by molar-refractivity contribution is 7.08. The number of hydrogen-bond acceptors (Lipinski definition) is 4. The summed E-state index contributed by atoms with van der Waals surface area (Å²) >= 11 is 1.67. The van der Waals surface area contributed by atoms with Gasteiger partial charge in [0.15, 0.2) is 0 Å². The van der Waals surface area contributed by atoms with Crippen molar-refractivity contribution in [3.63, 3.8) is 0 Å². The van der Waals surface area contributed by atoms with Crippen LogP contribution in [0.15, 0.2) is 59.3 Å². The minimum absolute atomic E-state index is 0.0213. The average Bonchev–Trinajstić information content (AvgIpc) is 3.25. The van der Waals surface area contributed by atoms with E-state index in [2.05, 4.69) is 34.3 Å². The molecule has 27 heavy (non-hydrogen) atoms. The van der Waals surface area contributed by atoms with Crippen LogP contribution in [0.1, 0.15) is 17.5 Å². The van der Waals surface area contributed by atoms with Gasteiger partial charge >= 0.3 is 0 Å². The second-order valence-electron chi connectivity index (χ2n) is 6.12. The van der Waals surface area contributed by atoms with E-state index in [0.29, 0.717) is 19.4 Å². The van der Waals surface area contributed by atoms with Gasteiger partial charge in [-0.3, -0.25) is 4.79 Å². The monoisotopic (exact) mass is 381 g/mol. The number of thiophene rings is 1. The van der Waals surface area contributed by atoms with E-state index < -0.39 is 0 Å². The number of carbonyl (C=O) groups excluding carboxylic acids is 1. The quantitative estimate of drug-likeness (QED) is 0.616. The van der Waals surface area contributed by atoms with Crippen molar-refractivity contribution in [1.29, 1.82) is 0 Å². The number of rotatable bonds is 8. The molecule has 0 fully saturated rings. The molecule has 4 nitrogen and oxygen atoms in total. The molecule has 3 aromatic rings. The van der Waals surface area contributed by atoms with E-state index >= 15 is 0 Å². The number of benzene rings is 2. The summed E-state index contributed by atoms with van der Waals surface area (Å²) in [5, 5.41) is 7.21. The van der Waals surface area contributed by atoms with Crippen molar-refractivity contribution in [3.8, 4) is 22.6 Å². The molecule has 1 amide bonds. The fourth-order valence-corrected chi connectivity index (χ4v) is 3.62. The summed E-state index contributed by atoms with van der Waals surface area (Å²) < 4.78 is 10.6. The number of nitrogens with one attached hydrogen (secondary N) is 1. The molecule has 1 N–H and O–H groups in total. The van der Waals surface area contributed by atoms with Crippen LogP contribution < -0.4 is 14.8 Å². The summed E-state index contributed by atoms with van der Waals surface area (Å²) in [6.45, 7) is 0.518. The molecule has 2 aromatic carbocycles. The van der Waals surface area contributed by atoms with Gasteiger partial charge in [-0.2, -0.15) is 11.3 Å². The van der Waals surface area contributed by atoms with Crippen molar-refractivity contribution in [2.45, 2.75) is 19.4 Å². The van der Waals surface area contributed by atoms with Crippen LogP contribution in [-0.4, -0.2) is 20.1 Å². The maximum absolute atomic E-state index is 12.3. The lowest BCUT2D eigenvalue weighted by Gasteiger charge is -2.12. The van der Waals surface area contributed by atoms with Crippen molar-refractivity contribution >= 4 is 17.2 Å². The summed E-state index contributed by atoms with van der Waals surface area (Å²) in [7, 11) is 3.25. The SMILES string of the molecule is COc1ccc(CCC(=O)NCc2ccccc2-c2ccsc2)c(OC)c1. The first-order chi connectivity index (χ1) is 13.2. The summed E-state index contributed by atoms with van der Waals surface area (Å²) in [6, 6.07) is 15.9. The lowest BCUT2D eigenvalue weighted by Crippen LogP contribution is -2.23. The maximum atomic E-state index is 12.3. The van der Waals surface area contributed by atoms with E-state index in [-0.39, 0.29) is 5.91 Å². The zero-order chi connectivity index (χ0) is 19.1. The van der Waals surface area contributed by atoms with Crippen molar-refractivity contribution in [2.24, 2.45) is 0 Å². The maximum Gasteiger partial charge on any atom is 0.220 e. The van der Waals surface area contributed by atoms with Crippen LogP contribution in [0, 0.1) is 0 Å². The molecule has 0 atom stereocenters. The topological polar surface area (TPSA) is 47.6 Å². The van der Waals surface area contributed by atoms with E-state index in [4.69, 9.17) is 9.47 Å². The first kappa shape index (κ1) is 19.0. The van der Waals surface area contributed by atoms with Gasteiger partial charge in [-0.15, -0.1) is 0 Å². The Bertz CT molecular complexity index is 890. The predicted octanol–water partition coefficient (Wildman–Crippen LogP) is 4.68. The number of ether oxygens (including phenoxy) is 2. The van der Waals surface area contributed by atoms with E-state index in [0.717, 1.165) is 28.2 Å². The standard InChI is InChI=1S/C22H23NO3S/c1-25-19-9-7-16(21(13-19)26-2)8-10-22(24)23-14-17-5-3-4-6-20(17)18-11-12-27-15-18/h3-7,9,11-13,15H,8,10,14H2,1-2H3,(H,23,24). The summed E-state index contributed by atoms with van der Waals surface area (Å²) in [5.74, 6) is 1.50. The van der Waals surface area contributed by atoms with Gasteiger partial charge in [0, 0.05) is 19.0 Å². The normalized spacial score (nSPS) is 10.4. The Morgan fingerprint density at radius 1 is 1.04 bits per heavy atom. The Labute approximate surface area is 163 Å². The van der Waals surface area contributed by atoms with Crippen LogP contribution in [0.3, 0.4) is 0 Å². The van der Waals surface area contributed by atoms with Gasteiger partial charge in [-0.1, -0.05) is 30.3 Å². The Morgan fingerprint density at radius 2 is 1.89 bits per heavy atom. The highest BCUT2D eigenvalue weighted by atomic mass is 32.1. The van der Waals surface area contributed by atoms with E-state index in [9.17, 15) is 4.79 Å². The van der Waals surface area contributed by atoms with Gasteiger partial charge in [0.25, 0.3) is 0 Å².